The van der Waals surface area contributed by atoms with E-state index in [-0.39, 0.29) is 11.6 Å². The minimum Gasteiger partial charge on any atom is -0.295 e. The van der Waals surface area contributed by atoms with E-state index in [9.17, 15) is 9.59 Å². The van der Waals surface area contributed by atoms with Crippen molar-refractivity contribution in [1.29, 1.82) is 0 Å². The van der Waals surface area contributed by atoms with Crippen molar-refractivity contribution in [3.8, 4) is 23.7 Å². The lowest BCUT2D eigenvalue weighted by Crippen LogP contribution is -1.91. The van der Waals surface area contributed by atoms with Gasteiger partial charge in [0.2, 0.25) is 0 Å². The maximum Gasteiger partial charge on any atom is 0.159 e. The minimum atomic E-state index is 0.0349. The number of Topliss-reactive ketones (excluding diaryl/α,β-unsaturated/α-hetero) is 2. The standard InChI is InChI=1S/C26H16Br2O2/c1-17(29)21-9-3-19(4-10-21)7-13-23-15-26(28)24(16-25(23)27)14-8-20-5-11-22(12-6-20)18(2)30/h3-6,9-12,15-16H,1-2H3. The van der Waals surface area contributed by atoms with Crippen molar-refractivity contribution >= 4 is 43.4 Å². The first-order valence-corrected chi connectivity index (χ1v) is 10.7. The molecule has 0 aromatic heterocycles. The molecule has 0 fully saturated rings. The molecule has 30 heavy (non-hydrogen) atoms. The van der Waals surface area contributed by atoms with Gasteiger partial charge >= 0.3 is 0 Å². The number of hydrogen-bond acceptors (Lipinski definition) is 2. The summed E-state index contributed by atoms with van der Waals surface area (Å²) in [6.07, 6.45) is 0. The number of rotatable bonds is 2. The molecule has 2 nitrogen and oxygen atoms in total. The van der Waals surface area contributed by atoms with Crippen molar-refractivity contribution in [3.05, 3.63) is 103 Å². The summed E-state index contributed by atoms with van der Waals surface area (Å²) in [4.78, 5) is 22.7. The second-order valence-electron chi connectivity index (χ2n) is 6.58. The van der Waals surface area contributed by atoms with Crippen LogP contribution in [-0.4, -0.2) is 11.6 Å². The lowest BCUT2D eigenvalue weighted by atomic mass is 10.1. The van der Waals surface area contributed by atoms with Gasteiger partial charge in [-0.05, 0) is 82.1 Å². The lowest BCUT2D eigenvalue weighted by molar-refractivity contribution is 0.100. The van der Waals surface area contributed by atoms with Crippen molar-refractivity contribution in [2.24, 2.45) is 0 Å². The number of hydrogen-bond donors (Lipinski definition) is 0. The van der Waals surface area contributed by atoms with Crippen LogP contribution >= 0.6 is 31.9 Å². The molecule has 0 unspecified atom stereocenters. The van der Waals surface area contributed by atoms with Crippen LogP contribution in [0, 0.1) is 23.7 Å². The van der Waals surface area contributed by atoms with Crippen molar-refractivity contribution < 1.29 is 9.59 Å². The first-order chi connectivity index (χ1) is 14.3. The normalized spacial score (nSPS) is 9.73. The first-order valence-electron chi connectivity index (χ1n) is 9.08. The maximum absolute atomic E-state index is 11.4. The molecule has 0 amide bonds. The molecular weight excluding hydrogens is 504 g/mol. The lowest BCUT2D eigenvalue weighted by Gasteiger charge is -2.02. The largest absolute Gasteiger partial charge is 0.295 e. The predicted octanol–water partition coefficient (Wildman–Crippen LogP) is 6.42. The SMILES string of the molecule is CC(=O)c1ccc(C#Cc2cc(Br)c(C#Cc3ccc(C(C)=O)cc3)cc2Br)cc1. The average Bonchev–Trinajstić information content (AvgIpc) is 2.73. The monoisotopic (exact) mass is 518 g/mol. The number of carbonyl (C=O) groups excluding carboxylic acids is 2. The summed E-state index contributed by atoms with van der Waals surface area (Å²) in [5.41, 5.74) is 4.66. The molecule has 146 valence electrons. The molecule has 3 aromatic carbocycles. The van der Waals surface area contributed by atoms with Gasteiger partial charge in [-0.25, -0.2) is 0 Å². The summed E-state index contributed by atoms with van der Waals surface area (Å²) >= 11 is 7.13. The summed E-state index contributed by atoms with van der Waals surface area (Å²) in [5.74, 6) is 12.6. The van der Waals surface area contributed by atoms with Gasteiger partial charge in [-0.3, -0.25) is 9.59 Å². The Morgan fingerprint density at radius 3 is 1.23 bits per heavy atom. The Hall–Kier alpha value is -2.92. The highest BCUT2D eigenvalue weighted by Gasteiger charge is 2.04. The third-order valence-electron chi connectivity index (χ3n) is 4.32. The average molecular weight is 520 g/mol. The van der Waals surface area contributed by atoms with Crippen LogP contribution in [0.2, 0.25) is 0 Å². The zero-order valence-electron chi connectivity index (χ0n) is 16.3. The third kappa shape index (κ3) is 5.57. The van der Waals surface area contributed by atoms with Crippen LogP contribution in [0.25, 0.3) is 0 Å². The van der Waals surface area contributed by atoms with Crippen LogP contribution < -0.4 is 0 Å². The molecule has 3 rings (SSSR count). The predicted molar refractivity (Wildman–Crippen MR) is 127 cm³/mol. The molecule has 3 aromatic rings. The van der Waals surface area contributed by atoms with Crippen LogP contribution in [0.3, 0.4) is 0 Å². The molecule has 0 spiro atoms. The van der Waals surface area contributed by atoms with Gasteiger partial charge < -0.3 is 0 Å². The van der Waals surface area contributed by atoms with E-state index in [1.54, 1.807) is 38.1 Å². The van der Waals surface area contributed by atoms with Gasteiger partial charge in [0.05, 0.1) is 0 Å². The van der Waals surface area contributed by atoms with E-state index in [0.717, 1.165) is 31.2 Å². The molecule has 0 saturated carbocycles. The van der Waals surface area contributed by atoms with Crippen LogP contribution in [0.5, 0.6) is 0 Å². The fraction of sp³-hybridized carbons (Fsp3) is 0.0769. The number of carbonyl (C=O) groups is 2. The molecular formula is C26H16Br2O2. The Balaban J connectivity index is 1.83. The van der Waals surface area contributed by atoms with Crippen molar-refractivity contribution in [2.75, 3.05) is 0 Å². The Morgan fingerprint density at radius 2 is 0.933 bits per heavy atom. The van der Waals surface area contributed by atoms with Crippen molar-refractivity contribution in [3.63, 3.8) is 0 Å². The fourth-order valence-corrected chi connectivity index (χ4v) is 3.48. The molecule has 0 atom stereocenters. The summed E-state index contributed by atoms with van der Waals surface area (Å²) in [7, 11) is 0. The van der Waals surface area contributed by atoms with E-state index in [0.29, 0.717) is 11.1 Å². The van der Waals surface area contributed by atoms with Gasteiger partial charge in [0, 0.05) is 42.3 Å². The number of ketones is 2. The van der Waals surface area contributed by atoms with Gasteiger partial charge in [-0.2, -0.15) is 0 Å². The number of benzene rings is 3. The van der Waals surface area contributed by atoms with E-state index in [2.05, 4.69) is 55.5 Å². The van der Waals surface area contributed by atoms with Crippen LogP contribution in [0.15, 0.2) is 69.6 Å². The number of halogens is 2. The van der Waals surface area contributed by atoms with E-state index in [4.69, 9.17) is 0 Å². The minimum absolute atomic E-state index is 0.0349. The highest BCUT2D eigenvalue weighted by atomic mass is 79.9. The molecule has 4 heteroatoms. The van der Waals surface area contributed by atoms with E-state index < -0.39 is 0 Å². The van der Waals surface area contributed by atoms with E-state index in [1.165, 1.54) is 0 Å². The Morgan fingerprint density at radius 1 is 0.600 bits per heavy atom. The highest BCUT2D eigenvalue weighted by Crippen LogP contribution is 2.25. The topological polar surface area (TPSA) is 34.1 Å². The van der Waals surface area contributed by atoms with Crippen LogP contribution in [-0.2, 0) is 0 Å². The van der Waals surface area contributed by atoms with E-state index >= 15 is 0 Å². The molecule has 0 radical (unpaired) electrons. The van der Waals surface area contributed by atoms with Gasteiger partial charge in [-0.1, -0.05) is 47.9 Å². The Kier molecular flexibility index (Phi) is 7.06. The van der Waals surface area contributed by atoms with E-state index in [1.807, 2.05) is 36.4 Å². The first kappa shape index (κ1) is 21.8. The maximum atomic E-state index is 11.4. The molecule has 0 N–H and O–H groups in total. The molecule has 0 bridgehead atoms. The Bertz CT molecular complexity index is 1150. The van der Waals surface area contributed by atoms with Crippen molar-refractivity contribution in [2.45, 2.75) is 13.8 Å². The van der Waals surface area contributed by atoms with Gasteiger partial charge in [0.25, 0.3) is 0 Å². The van der Waals surface area contributed by atoms with Gasteiger partial charge in [-0.15, -0.1) is 0 Å². The smallest absolute Gasteiger partial charge is 0.159 e. The second-order valence-corrected chi connectivity index (χ2v) is 8.29. The van der Waals surface area contributed by atoms with Gasteiger partial charge in [0.15, 0.2) is 11.6 Å². The third-order valence-corrected chi connectivity index (χ3v) is 5.63. The zero-order valence-corrected chi connectivity index (χ0v) is 19.5. The zero-order chi connectivity index (χ0) is 21.7. The summed E-state index contributed by atoms with van der Waals surface area (Å²) in [6.45, 7) is 3.09. The summed E-state index contributed by atoms with van der Waals surface area (Å²) in [5, 5.41) is 0. The fourth-order valence-electron chi connectivity index (χ4n) is 2.59. The molecule has 0 aliphatic heterocycles. The molecule has 0 aliphatic carbocycles. The molecule has 0 heterocycles. The Labute approximate surface area is 193 Å². The summed E-state index contributed by atoms with van der Waals surface area (Å²) < 4.78 is 1.68. The second kappa shape index (κ2) is 9.72. The molecule has 0 aliphatic rings. The summed E-state index contributed by atoms with van der Waals surface area (Å²) in [6, 6.07) is 18.3. The highest BCUT2D eigenvalue weighted by molar-refractivity contribution is 9.11. The van der Waals surface area contributed by atoms with Gasteiger partial charge in [0.1, 0.15) is 0 Å². The van der Waals surface area contributed by atoms with Crippen LogP contribution in [0.4, 0.5) is 0 Å². The van der Waals surface area contributed by atoms with Crippen LogP contribution in [0.1, 0.15) is 56.8 Å². The quantitative estimate of drug-likeness (QED) is 0.289. The van der Waals surface area contributed by atoms with Crippen molar-refractivity contribution in [1.82, 2.24) is 0 Å². The molecule has 0 saturated heterocycles.